The van der Waals surface area contributed by atoms with Gasteiger partial charge >= 0.3 is 6.09 Å². The first-order valence-electron chi connectivity index (χ1n) is 19.4. The third-order valence-electron chi connectivity index (χ3n) is 11.7. The quantitative estimate of drug-likeness (QED) is 0.179. The number of hydrogen-bond donors (Lipinski definition) is 1. The fourth-order valence-corrected chi connectivity index (χ4v) is 8.58. The van der Waals surface area contributed by atoms with Crippen LogP contribution in [0.4, 0.5) is 10.5 Å². The van der Waals surface area contributed by atoms with E-state index >= 15 is 4.79 Å². The molecular weight excluding hydrogens is 777 g/mol. The Bertz CT molecular complexity index is 2390. The number of nitrogens with zero attached hydrogens (tertiary/aromatic N) is 5. The number of rotatable bonds is 7. The van der Waals surface area contributed by atoms with E-state index in [1.54, 1.807) is 59.3 Å². The van der Waals surface area contributed by atoms with Crippen LogP contribution in [0.1, 0.15) is 48.7 Å². The summed E-state index contributed by atoms with van der Waals surface area (Å²) < 4.78 is 13.3. The summed E-state index contributed by atoms with van der Waals surface area (Å²) in [6.45, 7) is 6.58. The van der Waals surface area contributed by atoms with Crippen LogP contribution >= 0.6 is 23.2 Å². The normalized spacial score (nSPS) is 16.7. The average Bonchev–Trinajstić information content (AvgIpc) is 3.54. The number of hydrogen-bond acceptors (Lipinski definition) is 7. The van der Waals surface area contributed by atoms with Gasteiger partial charge in [-0.2, -0.15) is 0 Å². The minimum Gasteiger partial charge on any atom is -0.508 e. The Kier molecular flexibility index (Phi) is 11.2. The largest absolute Gasteiger partial charge is 0.508 e. The predicted molar refractivity (Wildman–Crippen MR) is 224 cm³/mol. The molecule has 13 heteroatoms. The summed E-state index contributed by atoms with van der Waals surface area (Å²) in [5, 5.41) is 10.3. The highest BCUT2D eigenvalue weighted by Crippen LogP contribution is 2.37. The standard InChI is InChI=1S/C45H45Cl2N5O6/c1-28-36(43(54)49(3)33-11-13-35(53)14-12-33)24-40(48(28)2)37-22-30-15-16-51(45(56)58-41-10-6-9-39(46)42(41)47)25-32(30)23-38(37)44(55)52-26-31-8-5-4-7-29(31)21-34(52)27-50-17-19-57-20-18-50/h4-14,22-24,34,53H,15-21,25-27H2,1-3H3/t34-/m0/s1. The third kappa shape index (κ3) is 7.79. The molecule has 3 aliphatic rings. The van der Waals surface area contributed by atoms with Crippen molar-refractivity contribution in [1.82, 2.24) is 19.3 Å². The van der Waals surface area contributed by atoms with Crippen molar-refractivity contribution >= 4 is 46.8 Å². The van der Waals surface area contributed by atoms with Gasteiger partial charge < -0.3 is 33.8 Å². The summed E-state index contributed by atoms with van der Waals surface area (Å²) in [4.78, 5) is 50.5. The van der Waals surface area contributed by atoms with Gasteiger partial charge in [-0.3, -0.25) is 14.5 Å². The van der Waals surface area contributed by atoms with Crippen LogP contribution < -0.4 is 9.64 Å². The lowest BCUT2D eigenvalue weighted by Crippen LogP contribution is -2.52. The number of anilines is 1. The van der Waals surface area contributed by atoms with Gasteiger partial charge in [0.15, 0.2) is 5.75 Å². The molecule has 4 heterocycles. The second-order valence-electron chi connectivity index (χ2n) is 15.2. The van der Waals surface area contributed by atoms with E-state index in [4.69, 9.17) is 32.7 Å². The Morgan fingerprint density at radius 2 is 1.60 bits per heavy atom. The topological polar surface area (TPSA) is 108 Å². The van der Waals surface area contributed by atoms with Gasteiger partial charge in [0.1, 0.15) is 10.8 Å². The van der Waals surface area contributed by atoms with Crippen LogP contribution in [0, 0.1) is 6.92 Å². The Hall–Kier alpha value is -5.33. The van der Waals surface area contributed by atoms with Crippen LogP contribution in [0.3, 0.4) is 0 Å². The number of fused-ring (bicyclic) bond motifs is 2. The molecule has 1 fully saturated rings. The molecule has 0 aliphatic carbocycles. The second-order valence-corrected chi connectivity index (χ2v) is 16.0. The molecule has 1 saturated heterocycles. The molecule has 1 atom stereocenters. The minimum absolute atomic E-state index is 0.0930. The molecule has 1 aromatic heterocycles. The van der Waals surface area contributed by atoms with Gasteiger partial charge in [-0.05, 0) is 96.6 Å². The van der Waals surface area contributed by atoms with E-state index in [1.807, 2.05) is 41.6 Å². The number of ether oxygens (including phenoxy) is 2. The van der Waals surface area contributed by atoms with E-state index in [0.29, 0.717) is 61.6 Å². The Morgan fingerprint density at radius 1 is 0.862 bits per heavy atom. The summed E-state index contributed by atoms with van der Waals surface area (Å²) in [5.41, 5.74) is 7.99. The van der Waals surface area contributed by atoms with Gasteiger partial charge in [-0.25, -0.2) is 4.79 Å². The number of morpholine rings is 1. The molecule has 3 aliphatic heterocycles. The van der Waals surface area contributed by atoms with Crippen LogP contribution in [-0.4, -0.2) is 94.8 Å². The van der Waals surface area contributed by atoms with Crippen molar-refractivity contribution in [1.29, 1.82) is 0 Å². The van der Waals surface area contributed by atoms with Crippen molar-refractivity contribution in [3.05, 3.63) is 134 Å². The molecular formula is C45H45Cl2N5O6. The van der Waals surface area contributed by atoms with Gasteiger partial charge in [0.2, 0.25) is 0 Å². The van der Waals surface area contributed by atoms with Crippen LogP contribution in [0.5, 0.6) is 11.5 Å². The molecule has 1 N–H and O–H groups in total. The van der Waals surface area contributed by atoms with E-state index in [-0.39, 0.29) is 45.9 Å². The number of phenolic OH excluding ortho intramolecular Hbond substituents is 1. The van der Waals surface area contributed by atoms with Crippen molar-refractivity contribution in [3.8, 4) is 22.8 Å². The number of aromatic nitrogens is 1. The number of halogens is 2. The zero-order chi connectivity index (χ0) is 40.7. The number of carbonyl (C=O) groups is 3. The van der Waals surface area contributed by atoms with Crippen LogP contribution in [-0.2, 0) is 37.7 Å². The molecule has 8 rings (SSSR count). The van der Waals surface area contributed by atoms with E-state index in [0.717, 1.165) is 47.6 Å². The highest BCUT2D eigenvalue weighted by atomic mass is 35.5. The zero-order valence-corrected chi connectivity index (χ0v) is 34.2. The Balaban J connectivity index is 1.19. The van der Waals surface area contributed by atoms with Crippen LogP contribution in [0.2, 0.25) is 10.0 Å². The molecule has 0 unspecified atom stereocenters. The van der Waals surface area contributed by atoms with Gasteiger partial charge in [0.05, 0.1) is 23.8 Å². The smallest absolute Gasteiger partial charge is 0.415 e. The molecule has 0 radical (unpaired) electrons. The summed E-state index contributed by atoms with van der Waals surface area (Å²) in [7, 11) is 3.61. The van der Waals surface area contributed by atoms with Crippen molar-refractivity contribution in [2.24, 2.45) is 7.05 Å². The summed E-state index contributed by atoms with van der Waals surface area (Å²) >= 11 is 12.5. The number of amides is 3. The van der Waals surface area contributed by atoms with E-state index < -0.39 is 6.09 Å². The molecule has 5 aromatic rings. The number of phenols is 1. The molecule has 0 bridgehead atoms. The molecule has 4 aromatic carbocycles. The molecule has 300 valence electrons. The maximum Gasteiger partial charge on any atom is 0.415 e. The highest BCUT2D eigenvalue weighted by molar-refractivity contribution is 6.43. The van der Waals surface area contributed by atoms with E-state index in [9.17, 15) is 14.7 Å². The second kappa shape index (κ2) is 16.5. The SMILES string of the molecule is Cc1c(C(=O)N(C)c2ccc(O)cc2)cc(-c2cc3c(cc2C(=O)N2Cc4ccccc4C[C@H]2CN2CCOCC2)CN(C(=O)Oc2cccc(Cl)c2Cl)CC3)n1C. The van der Waals surface area contributed by atoms with Gasteiger partial charge in [0, 0.05) is 87.6 Å². The number of carbonyl (C=O) groups excluding carboxylic acids is 3. The summed E-state index contributed by atoms with van der Waals surface area (Å²) in [6, 6.07) is 25.4. The predicted octanol–water partition coefficient (Wildman–Crippen LogP) is 7.75. The van der Waals surface area contributed by atoms with Crippen molar-refractivity contribution in [3.63, 3.8) is 0 Å². The monoisotopic (exact) mass is 821 g/mol. The first-order valence-corrected chi connectivity index (χ1v) is 20.2. The van der Waals surface area contributed by atoms with Crippen LogP contribution in [0.15, 0.2) is 84.9 Å². The summed E-state index contributed by atoms with van der Waals surface area (Å²) in [6.07, 6.45) is 0.672. The Labute approximate surface area is 347 Å². The highest BCUT2D eigenvalue weighted by Gasteiger charge is 2.35. The fourth-order valence-electron chi connectivity index (χ4n) is 8.25. The first kappa shape index (κ1) is 39.5. The zero-order valence-electron chi connectivity index (χ0n) is 32.7. The lowest BCUT2D eigenvalue weighted by molar-refractivity contribution is 0.0193. The van der Waals surface area contributed by atoms with Crippen molar-refractivity contribution in [2.45, 2.75) is 38.9 Å². The third-order valence-corrected chi connectivity index (χ3v) is 12.5. The number of benzene rings is 4. The van der Waals surface area contributed by atoms with Crippen LogP contribution in [0.25, 0.3) is 11.3 Å². The van der Waals surface area contributed by atoms with Crippen molar-refractivity contribution in [2.75, 3.05) is 51.3 Å². The Morgan fingerprint density at radius 3 is 2.36 bits per heavy atom. The minimum atomic E-state index is -0.566. The fraction of sp³-hybridized carbons (Fsp3) is 0.311. The lowest BCUT2D eigenvalue weighted by Gasteiger charge is -2.41. The van der Waals surface area contributed by atoms with Crippen molar-refractivity contribution < 1.29 is 29.0 Å². The number of aromatic hydroxyl groups is 1. The molecule has 0 saturated carbocycles. The maximum atomic E-state index is 15.4. The first-order chi connectivity index (χ1) is 28.0. The van der Waals surface area contributed by atoms with E-state index in [2.05, 4.69) is 29.2 Å². The average molecular weight is 823 g/mol. The van der Waals surface area contributed by atoms with Gasteiger partial charge in [-0.1, -0.05) is 53.5 Å². The lowest BCUT2D eigenvalue weighted by atomic mass is 9.89. The van der Waals surface area contributed by atoms with Gasteiger partial charge in [0.25, 0.3) is 11.8 Å². The molecule has 11 nitrogen and oxygen atoms in total. The molecule has 58 heavy (non-hydrogen) atoms. The van der Waals surface area contributed by atoms with Gasteiger partial charge in [-0.15, -0.1) is 0 Å². The maximum absolute atomic E-state index is 15.4. The molecule has 3 amide bonds. The van der Waals surface area contributed by atoms with E-state index in [1.165, 1.54) is 5.56 Å². The molecule has 0 spiro atoms. The summed E-state index contributed by atoms with van der Waals surface area (Å²) in [5.74, 6) is -0.0532.